The zero-order valence-corrected chi connectivity index (χ0v) is 8.41. The summed E-state index contributed by atoms with van der Waals surface area (Å²) in [6, 6.07) is 5.12. The van der Waals surface area contributed by atoms with Crippen LogP contribution in [-0.4, -0.2) is 13.1 Å². The lowest BCUT2D eigenvalue weighted by atomic mass is 10.2. The van der Waals surface area contributed by atoms with Crippen LogP contribution in [0.15, 0.2) is 24.3 Å². The Balaban J connectivity index is 2.83. The summed E-state index contributed by atoms with van der Waals surface area (Å²) in [5.74, 6) is -0.405. The van der Waals surface area contributed by atoms with Crippen LogP contribution < -0.4 is 5.73 Å². The number of nitrogen functional groups attached to an aromatic ring is 1. The monoisotopic (exact) mass is 211 g/mol. The van der Waals surface area contributed by atoms with E-state index in [-0.39, 0.29) is 0 Å². The smallest absolute Gasteiger partial charge is 0.330 e. The first-order chi connectivity index (χ1) is 6.63. The second-order valence-corrected chi connectivity index (χ2v) is 3.04. The molecule has 0 aliphatic heterocycles. The minimum atomic E-state index is -0.405. The van der Waals surface area contributed by atoms with Gasteiger partial charge < -0.3 is 10.5 Å². The molecule has 0 saturated heterocycles. The van der Waals surface area contributed by atoms with Gasteiger partial charge >= 0.3 is 5.97 Å². The number of rotatable bonds is 2. The number of methoxy groups -OCH3 is 1. The van der Waals surface area contributed by atoms with Crippen LogP contribution in [0.3, 0.4) is 0 Å². The maximum absolute atomic E-state index is 10.8. The summed E-state index contributed by atoms with van der Waals surface area (Å²) in [6.45, 7) is 0. The lowest BCUT2D eigenvalue weighted by Crippen LogP contribution is -1.93. The third-order valence-corrected chi connectivity index (χ3v) is 1.96. The summed E-state index contributed by atoms with van der Waals surface area (Å²) in [5, 5.41) is 0.469. The SMILES string of the molecule is COC(=O)C=Cc1ccc(N)c(Cl)c1. The van der Waals surface area contributed by atoms with Gasteiger partial charge in [-0.05, 0) is 23.8 Å². The minimum Gasteiger partial charge on any atom is -0.466 e. The molecule has 0 spiro atoms. The third-order valence-electron chi connectivity index (χ3n) is 1.64. The van der Waals surface area contributed by atoms with Crippen molar-refractivity contribution < 1.29 is 9.53 Å². The van der Waals surface area contributed by atoms with Crippen LogP contribution in [0.4, 0.5) is 5.69 Å². The molecular formula is C10H10ClNO2. The van der Waals surface area contributed by atoms with E-state index in [4.69, 9.17) is 17.3 Å². The average molecular weight is 212 g/mol. The standard InChI is InChI=1S/C10H10ClNO2/c1-14-10(13)5-3-7-2-4-9(12)8(11)6-7/h2-6H,12H2,1H3. The Labute approximate surface area is 87.1 Å². The number of hydrogen-bond acceptors (Lipinski definition) is 3. The molecule has 0 aromatic heterocycles. The predicted octanol–water partition coefficient (Wildman–Crippen LogP) is 2.11. The van der Waals surface area contributed by atoms with Crippen molar-refractivity contribution in [2.24, 2.45) is 0 Å². The van der Waals surface area contributed by atoms with Crippen molar-refractivity contribution in [1.29, 1.82) is 0 Å². The maximum Gasteiger partial charge on any atom is 0.330 e. The van der Waals surface area contributed by atoms with Crippen molar-refractivity contribution in [1.82, 2.24) is 0 Å². The van der Waals surface area contributed by atoms with Crippen LogP contribution >= 0.6 is 11.6 Å². The fourth-order valence-corrected chi connectivity index (χ4v) is 1.07. The van der Waals surface area contributed by atoms with E-state index in [1.807, 2.05) is 0 Å². The van der Waals surface area contributed by atoms with Crippen LogP contribution in [0, 0.1) is 0 Å². The molecule has 0 aliphatic rings. The average Bonchev–Trinajstić information content (AvgIpc) is 2.19. The molecule has 0 saturated carbocycles. The quantitative estimate of drug-likeness (QED) is 0.463. The van der Waals surface area contributed by atoms with E-state index in [2.05, 4.69) is 4.74 Å². The lowest BCUT2D eigenvalue weighted by Gasteiger charge is -1.98. The van der Waals surface area contributed by atoms with Gasteiger partial charge in [0, 0.05) is 6.08 Å². The number of carbonyl (C=O) groups excluding carboxylic acids is 1. The highest BCUT2D eigenvalue weighted by atomic mass is 35.5. The second kappa shape index (κ2) is 4.67. The number of nitrogens with two attached hydrogens (primary N) is 1. The molecule has 1 aromatic carbocycles. The number of hydrogen-bond donors (Lipinski definition) is 1. The van der Waals surface area contributed by atoms with Crippen molar-refractivity contribution in [3.63, 3.8) is 0 Å². The Morgan fingerprint density at radius 2 is 2.29 bits per heavy atom. The minimum absolute atomic E-state index is 0.405. The van der Waals surface area contributed by atoms with Gasteiger partial charge in [0.15, 0.2) is 0 Å². The van der Waals surface area contributed by atoms with Crippen LogP contribution in [0.2, 0.25) is 5.02 Å². The fraction of sp³-hybridized carbons (Fsp3) is 0.100. The van der Waals surface area contributed by atoms with Crippen molar-refractivity contribution in [3.05, 3.63) is 34.9 Å². The van der Waals surface area contributed by atoms with Gasteiger partial charge in [0.25, 0.3) is 0 Å². The molecule has 0 heterocycles. The van der Waals surface area contributed by atoms with E-state index in [9.17, 15) is 4.79 Å². The maximum atomic E-state index is 10.8. The summed E-state index contributed by atoms with van der Waals surface area (Å²) in [7, 11) is 1.32. The topological polar surface area (TPSA) is 52.3 Å². The highest BCUT2D eigenvalue weighted by molar-refractivity contribution is 6.33. The Bertz CT molecular complexity index is 374. The number of halogens is 1. The molecule has 1 aromatic rings. The summed E-state index contributed by atoms with van der Waals surface area (Å²) in [6.07, 6.45) is 2.93. The summed E-state index contributed by atoms with van der Waals surface area (Å²) >= 11 is 5.79. The third kappa shape index (κ3) is 2.78. The van der Waals surface area contributed by atoms with E-state index in [0.717, 1.165) is 5.56 Å². The molecule has 74 valence electrons. The lowest BCUT2D eigenvalue weighted by molar-refractivity contribution is -0.134. The van der Waals surface area contributed by atoms with Crippen LogP contribution in [0.25, 0.3) is 6.08 Å². The van der Waals surface area contributed by atoms with Gasteiger partial charge in [0.2, 0.25) is 0 Å². The molecule has 0 unspecified atom stereocenters. The summed E-state index contributed by atoms with van der Waals surface area (Å²) < 4.78 is 4.44. The van der Waals surface area contributed by atoms with Gasteiger partial charge in [0.05, 0.1) is 17.8 Å². The van der Waals surface area contributed by atoms with Gasteiger partial charge in [0.1, 0.15) is 0 Å². The Kier molecular flexibility index (Phi) is 3.54. The fourth-order valence-electron chi connectivity index (χ4n) is 0.879. The normalized spacial score (nSPS) is 10.4. The Hall–Kier alpha value is -1.48. The molecule has 0 bridgehead atoms. The van der Waals surface area contributed by atoms with Gasteiger partial charge in [-0.25, -0.2) is 4.79 Å². The van der Waals surface area contributed by atoms with Crippen molar-refractivity contribution >= 4 is 29.3 Å². The van der Waals surface area contributed by atoms with Crippen LogP contribution in [0.5, 0.6) is 0 Å². The van der Waals surface area contributed by atoms with Crippen molar-refractivity contribution in [3.8, 4) is 0 Å². The molecule has 14 heavy (non-hydrogen) atoms. The molecule has 4 heteroatoms. The molecule has 0 amide bonds. The molecular weight excluding hydrogens is 202 g/mol. The van der Waals surface area contributed by atoms with E-state index in [1.165, 1.54) is 13.2 Å². The molecule has 3 nitrogen and oxygen atoms in total. The molecule has 0 fully saturated rings. The van der Waals surface area contributed by atoms with E-state index in [1.54, 1.807) is 24.3 Å². The first-order valence-electron chi connectivity index (χ1n) is 3.94. The Morgan fingerprint density at radius 1 is 1.57 bits per heavy atom. The first-order valence-corrected chi connectivity index (χ1v) is 4.32. The summed E-state index contributed by atoms with van der Waals surface area (Å²) in [5.41, 5.74) is 6.84. The van der Waals surface area contributed by atoms with Gasteiger partial charge in [-0.2, -0.15) is 0 Å². The van der Waals surface area contributed by atoms with Crippen LogP contribution in [0.1, 0.15) is 5.56 Å². The number of benzene rings is 1. The number of ether oxygens (including phenoxy) is 1. The van der Waals surface area contributed by atoms with Gasteiger partial charge in [-0.1, -0.05) is 17.7 Å². The number of esters is 1. The first kappa shape index (κ1) is 10.6. The van der Waals surface area contributed by atoms with Crippen molar-refractivity contribution in [2.75, 3.05) is 12.8 Å². The largest absolute Gasteiger partial charge is 0.466 e. The van der Waals surface area contributed by atoms with Crippen LogP contribution in [-0.2, 0) is 9.53 Å². The van der Waals surface area contributed by atoms with Gasteiger partial charge in [-0.15, -0.1) is 0 Å². The molecule has 0 atom stereocenters. The second-order valence-electron chi connectivity index (χ2n) is 2.64. The van der Waals surface area contributed by atoms with Gasteiger partial charge in [-0.3, -0.25) is 0 Å². The number of anilines is 1. The zero-order valence-electron chi connectivity index (χ0n) is 7.66. The van der Waals surface area contributed by atoms with E-state index >= 15 is 0 Å². The number of carbonyl (C=O) groups is 1. The molecule has 0 radical (unpaired) electrons. The highest BCUT2D eigenvalue weighted by Gasteiger charge is 1.96. The zero-order chi connectivity index (χ0) is 10.6. The molecule has 1 rings (SSSR count). The Morgan fingerprint density at radius 3 is 2.86 bits per heavy atom. The van der Waals surface area contributed by atoms with E-state index in [0.29, 0.717) is 10.7 Å². The molecule has 2 N–H and O–H groups in total. The van der Waals surface area contributed by atoms with E-state index < -0.39 is 5.97 Å². The highest BCUT2D eigenvalue weighted by Crippen LogP contribution is 2.20. The predicted molar refractivity (Wildman–Crippen MR) is 56.9 cm³/mol. The van der Waals surface area contributed by atoms with Crippen molar-refractivity contribution in [2.45, 2.75) is 0 Å². The summed E-state index contributed by atoms with van der Waals surface area (Å²) in [4.78, 5) is 10.8. The molecule has 0 aliphatic carbocycles.